The minimum atomic E-state index is -3.49. The lowest BCUT2D eigenvalue weighted by molar-refractivity contribution is 0.115. The van der Waals surface area contributed by atoms with Gasteiger partial charge in [-0.2, -0.15) is 9.19 Å². The van der Waals surface area contributed by atoms with Crippen LogP contribution >= 0.6 is 0 Å². The van der Waals surface area contributed by atoms with Crippen LogP contribution in [0.5, 0.6) is 0 Å². The molecule has 0 unspecified atom stereocenters. The summed E-state index contributed by atoms with van der Waals surface area (Å²) in [5.41, 5.74) is 2.08. The third-order valence-corrected chi connectivity index (χ3v) is 12.2. The molecule has 240 valence electrons. The van der Waals surface area contributed by atoms with Crippen molar-refractivity contribution in [3.63, 3.8) is 0 Å². The van der Waals surface area contributed by atoms with Gasteiger partial charge in [-0.3, -0.25) is 0 Å². The van der Waals surface area contributed by atoms with E-state index in [1.54, 1.807) is 18.5 Å². The standard InChI is InChI=1S/C30H38N8O5S2/c1-30(21-39)10-15-36(16-11-30)26-17-28(32-18-23(26)4-3-22-8-13-37(14-9-22)44(2,40)41)34-27-7-12-31-29(35-27)24-19-33-38(20-24)45(42,43)25-5-6-25/h7,12,17-20,22,25,39H,5-6,8-11,13-16,21H2,1-2H3,(H,31,32,34,35). The second-order valence-electron chi connectivity index (χ2n) is 12.5. The number of aliphatic hydroxyl groups is 1. The summed E-state index contributed by atoms with van der Waals surface area (Å²) in [5, 5.41) is 16.8. The fourth-order valence-electron chi connectivity index (χ4n) is 5.60. The first-order valence-corrected chi connectivity index (χ1v) is 18.5. The Kier molecular flexibility index (Phi) is 8.59. The number of anilines is 3. The number of rotatable bonds is 8. The van der Waals surface area contributed by atoms with Gasteiger partial charge in [-0.1, -0.05) is 18.8 Å². The minimum Gasteiger partial charge on any atom is -0.396 e. The monoisotopic (exact) mass is 654 g/mol. The van der Waals surface area contributed by atoms with Crippen molar-refractivity contribution in [1.29, 1.82) is 0 Å². The average molecular weight is 655 g/mol. The molecule has 3 aliphatic rings. The first-order chi connectivity index (χ1) is 21.4. The number of hydrogen-bond donors (Lipinski definition) is 2. The fraction of sp³-hybridized carbons (Fsp3) is 0.533. The van der Waals surface area contributed by atoms with E-state index >= 15 is 0 Å². The molecule has 0 atom stereocenters. The van der Waals surface area contributed by atoms with Crippen molar-refractivity contribution in [2.75, 3.05) is 49.3 Å². The number of pyridine rings is 1. The Labute approximate surface area is 264 Å². The summed E-state index contributed by atoms with van der Waals surface area (Å²) >= 11 is 0. The normalized spacial score (nSPS) is 19.6. The number of sulfonamides is 1. The van der Waals surface area contributed by atoms with Crippen LogP contribution in [0.15, 0.2) is 36.9 Å². The topological polar surface area (TPSA) is 164 Å². The molecule has 0 bridgehead atoms. The Hall–Kier alpha value is -3.58. The number of nitrogens with one attached hydrogen (secondary N) is 1. The summed E-state index contributed by atoms with van der Waals surface area (Å²) in [6.45, 7) is 4.70. The molecule has 0 radical (unpaired) electrons. The molecule has 0 spiro atoms. The van der Waals surface area contributed by atoms with Crippen LogP contribution in [0.4, 0.5) is 17.3 Å². The molecular formula is C30H38N8O5S2. The lowest BCUT2D eigenvalue weighted by Gasteiger charge is -2.39. The van der Waals surface area contributed by atoms with Gasteiger partial charge in [0.25, 0.3) is 10.0 Å². The smallest absolute Gasteiger partial charge is 0.256 e. The maximum atomic E-state index is 12.6. The molecule has 1 aliphatic carbocycles. The molecule has 5 heterocycles. The highest BCUT2D eigenvalue weighted by atomic mass is 32.2. The lowest BCUT2D eigenvalue weighted by atomic mass is 9.81. The molecule has 2 N–H and O–H groups in total. The van der Waals surface area contributed by atoms with Crippen molar-refractivity contribution < 1.29 is 21.9 Å². The second-order valence-corrected chi connectivity index (χ2v) is 16.5. The van der Waals surface area contributed by atoms with E-state index < -0.39 is 20.0 Å². The van der Waals surface area contributed by atoms with Crippen LogP contribution in [0.1, 0.15) is 51.0 Å². The molecule has 6 rings (SSSR count). The molecule has 45 heavy (non-hydrogen) atoms. The van der Waals surface area contributed by atoms with Crippen molar-refractivity contribution >= 4 is 37.4 Å². The summed E-state index contributed by atoms with van der Waals surface area (Å²) in [5.74, 6) is 8.17. The average Bonchev–Trinajstić information content (AvgIpc) is 3.78. The molecule has 1 saturated carbocycles. The summed E-state index contributed by atoms with van der Waals surface area (Å²) in [6, 6.07) is 3.65. The fourth-order valence-corrected chi connectivity index (χ4v) is 7.96. The van der Waals surface area contributed by atoms with Gasteiger partial charge in [0.15, 0.2) is 5.82 Å². The quantitative estimate of drug-likeness (QED) is 0.343. The zero-order chi connectivity index (χ0) is 31.8. The van der Waals surface area contributed by atoms with Crippen molar-refractivity contribution in [1.82, 2.24) is 28.4 Å². The van der Waals surface area contributed by atoms with E-state index in [1.807, 2.05) is 6.07 Å². The van der Waals surface area contributed by atoms with Crippen molar-refractivity contribution in [2.24, 2.45) is 11.3 Å². The second kappa shape index (κ2) is 12.3. The largest absolute Gasteiger partial charge is 0.396 e. The third kappa shape index (κ3) is 7.14. The summed E-state index contributed by atoms with van der Waals surface area (Å²) in [7, 11) is -6.69. The van der Waals surface area contributed by atoms with Crippen LogP contribution in [0.25, 0.3) is 11.4 Å². The van der Waals surface area contributed by atoms with Gasteiger partial charge in [-0.25, -0.2) is 36.1 Å². The minimum absolute atomic E-state index is 0.0933. The SMILES string of the molecule is CC1(CO)CCN(c2cc(Nc3ccnc(-c4cnn(S(=O)(=O)C5CC5)c4)n3)ncc2C#CC2CCN(S(C)(=O)=O)CC2)CC1. The Morgan fingerprint density at radius 2 is 1.76 bits per heavy atom. The van der Waals surface area contributed by atoms with E-state index in [2.05, 4.69) is 49.0 Å². The maximum Gasteiger partial charge on any atom is 0.256 e. The zero-order valence-corrected chi connectivity index (χ0v) is 27.1. The number of hydrogen-bond acceptors (Lipinski definition) is 11. The predicted molar refractivity (Wildman–Crippen MR) is 171 cm³/mol. The summed E-state index contributed by atoms with van der Waals surface area (Å²) in [4.78, 5) is 15.8. The van der Waals surface area contributed by atoms with Gasteiger partial charge in [0, 0.05) is 57.2 Å². The van der Waals surface area contributed by atoms with E-state index in [0.29, 0.717) is 61.8 Å². The molecule has 3 aromatic heterocycles. The number of aromatic nitrogens is 5. The van der Waals surface area contributed by atoms with E-state index in [4.69, 9.17) is 0 Å². The zero-order valence-electron chi connectivity index (χ0n) is 25.4. The Balaban J connectivity index is 1.23. The van der Waals surface area contributed by atoms with Gasteiger partial charge in [0.2, 0.25) is 10.0 Å². The molecule has 15 heteroatoms. The molecule has 3 fully saturated rings. The Bertz CT molecular complexity index is 1830. The lowest BCUT2D eigenvalue weighted by Crippen LogP contribution is -2.40. The summed E-state index contributed by atoms with van der Waals surface area (Å²) < 4.78 is 51.4. The van der Waals surface area contributed by atoms with Crippen LogP contribution in [0, 0.1) is 23.2 Å². The highest BCUT2D eigenvalue weighted by Gasteiger charge is 2.38. The van der Waals surface area contributed by atoms with Crippen LogP contribution < -0.4 is 10.2 Å². The Morgan fingerprint density at radius 3 is 2.42 bits per heavy atom. The molecule has 0 aromatic carbocycles. The number of aliphatic hydroxyl groups excluding tert-OH is 1. The first-order valence-electron chi connectivity index (χ1n) is 15.2. The number of piperidine rings is 2. The van der Waals surface area contributed by atoms with E-state index in [1.165, 1.54) is 23.0 Å². The van der Waals surface area contributed by atoms with Gasteiger partial charge in [0.05, 0.1) is 40.7 Å². The van der Waals surface area contributed by atoms with Gasteiger partial charge < -0.3 is 15.3 Å². The predicted octanol–water partition coefficient (Wildman–Crippen LogP) is 2.44. The molecule has 2 aliphatic heterocycles. The van der Waals surface area contributed by atoms with Crippen molar-refractivity contribution in [3.05, 3.63) is 42.5 Å². The number of nitrogens with zero attached hydrogens (tertiary/aromatic N) is 7. The third-order valence-electron chi connectivity index (χ3n) is 8.85. The highest BCUT2D eigenvalue weighted by Crippen LogP contribution is 2.35. The first kappa shape index (κ1) is 31.4. The van der Waals surface area contributed by atoms with E-state index in [9.17, 15) is 21.9 Å². The van der Waals surface area contributed by atoms with E-state index in [-0.39, 0.29) is 23.2 Å². The summed E-state index contributed by atoms with van der Waals surface area (Å²) in [6.07, 6.45) is 11.8. The van der Waals surface area contributed by atoms with Gasteiger partial charge in [-0.05, 0) is 50.0 Å². The van der Waals surface area contributed by atoms with Crippen molar-refractivity contribution in [3.8, 4) is 23.2 Å². The van der Waals surface area contributed by atoms with Crippen LogP contribution in [0.2, 0.25) is 0 Å². The molecule has 2 saturated heterocycles. The van der Waals surface area contributed by atoms with Crippen LogP contribution in [-0.2, 0) is 20.0 Å². The maximum absolute atomic E-state index is 12.6. The Morgan fingerprint density at radius 1 is 1.02 bits per heavy atom. The molecular weight excluding hydrogens is 617 g/mol. The van der Waals surface area contributed by atoms with Crippen molar-refractivity contribution in [2.45, 2.75) is 50.7 Å². The van der Waals surface area contributed by atoms with Gasteiger partial charge in [-0.15, -0.1) is 0 Å². The molecule has 0 amide bonds. The highest BCUT2D eigenvalue weighted by molar-refractivity contribution is 7.90. The van der Waals surface area contributed by atoms with Gasteiger partial charge in [0.1, 0.15) is 11.6 Å². The molecule has 13 nitrogen and oxygen atoms in total. The van der Waals surface area contributed by atoms with Crippen LogP contribution in [0.3, 0.4) is 0 Å². The van der Waals surface area contributed by atoms with Gasteiger partial charge >= 0.3 is 0 Å². The van der Waals surface area contributed by atoms with E-state index in [0.717, 1.165) is 41.3 Å². The van der Waals surface area contributed by atoms with Crippen LogP contribution in [-0.4, -0.2) is 94.7 Å². The molecule has 3 aromatic rings.